The molecular formula is C26H28N6OS. The van der Waals surface area contributed by atoms with Crippen molar-refractivity contribution in [3.05, 3.63) is 70.5 Å². The number of benzene rings is 2. The number of nitrogens with two attached hydrogens (primary N) is 1. The lowest BCUT2D eigenvalue weighted by molar-refractivity contribution is 0.0629. The second-order valence-corrected chi connectivity index (χ2v) is 9.59. The number of hydrogen-bond acceptors (Lipinski definition) is 7. The summed E-state index contributed by atoms with van der Waals surface area (Å²) >= 11 is 1.48. The van der Waals surface area contributed by atoms with Crippen LogP contribution in [0.4, 0.5) is 5.82 Å². The molecule has 174 valence electrons. The summed E-state index contributed by atoms with van der Waals surface area (Å²) < 4.78 is 0. The largest absolute Gasteiger partial charge is 0.383 e. The Balaban J connectivity index is 1.23. The fraction of sp³-hybridized carbons (Fsp3) is 0.308. The van der Waals surface area contributed by atoms with E-state index in [4.69, 9.17) is 5.73 Å². The van der Waals surface area contributed by atoms with E-state index in [-0.39, 0.29) is 5.91 Å². The van der Waals surface area contributed by atoms with Crippen molar-refractivity contribution in [1.82, 2.24) is 24.8 Å². The zero-order valence-corrected chi connectivity index (χ0v) is 20.3. The zero-order valence-electron chi connectivity index (χ0n) is 19.5. The summed E-state index contributed by atoms with van der Waals surface area (Å²) in [5, 5.41) is 1.77. The third-order valence-corrected chi connectivity index (χ3v) is 7.50. The van der Waals surface area contributed by atoms with Gasteiger partial charge >= 0.3 is 0 Å². The number of hydrogen-bond donors (Lipinski definition) is 1. The molecule has 0 aliphatic carbocycles. The first kappa shape index (κ1) is 22.4. The van der Waals surface area contributed by atoms with Crippen molar-refractivity contribution in [3.8, 4) is 10.6 Å². The van der Waals surface area contributed by atoms with Crippen molar-refractivity contribution >= 4 is 34.0 Å². The average molecular weight is 473 g/mol. The Labute approximate surface area is 203 Å². The van der Waals surface area contributed by atoms with Crippen molar-refractivity contribution < 1.29 is 4.79 Å². The molecule has 0 atom stereocenters. The van der Waals surface area contributed by atoms with Gasteiger partial charge in [0.25, 0.3) is 5.91 Å². The molecule has 1 aliphatic rings. The molecule has 1 aliphatic heterocycles. The van der Waals surface area contributed by atoms with Gasteiger partial charge in [0.05, 0.1) is 17.8 Å². The Morgan fingerprint density at radius 3 is 2.47 bits per heavy atom. The van der Waals surface area contributed by atoms with Gasteiger partial charge in [0, 0.05) is 37.1 Å². The molecule has 0 bridgehead atoms. The van der Waals surface area contributed by atoms with Crippen molar-refractivity contribution in [2.24, 2.45) is 0 Å². The summed E-state index contributed by atoms with van der Waals surface area (Å²) in [5.74, 6) is 1.29. The number of nitrogen functional groups attached to an aromatic ring is 1. The van der Waals surface area contributed by atoms with Crippen LogP contribution in [0.5, 0.6) is 0 Å². The molecule has 0 spiro atoms. The molecule has 0 unspecified atom stereocenters. The normalized spacial score (nSPS) is 14.6. The molecular weight excluding hydrogens is 444 g/mol. The van der Waals surface area contributed by atoms with Crippen LogP contribution in [0.1, 0.15) is 33.7 Å². The maximum absolute atomic E-state index is 13.3. The Morgan fingerprint density at radius 1 is 1.00 bits per heavy atom. The predicted octanol–water partition coefficient (Wildman–Crippen LogP) is 4.16. The number of aromatic nitrogens is 3. The van der Waals surface area contributed by atoms with Crippen LogP contribution in [0, 0.1) is 6.92 Å². The molecule has 2 aromatic carbocycles. The van der Waals surface area contributed by atoms with Gasteiger partial charge in [-0.05, 0) is 31.0 Å². The highest BCUT2D eigenvalue weighted by Gasteiger charge is 2.26. The van der Waals surface area contributed by atoms with Crippen LogP contribution in [0.2, 0.25) is 0 Å². The van der Waals surface area contributed by atoms with Gasteiger partial charge in [-0.25, -0.2) is 15.0 Å². The first-order valence-electron chi connectivity index (χ1n) is 11.6. The van der Waals surface area contributed by atoms with Crippen LogP contribution >= 0.6 is 11.3 Å². The van der Waals surface area contributed by atoms with Crippen LogP contribution < -0.4 is 5.73 Å². The van der Waals surface area contributed by atoms with E-state index in [2.05, 4.69) is 51.0 Å². The van der Waals surface area contributed by atoms with E-state index in [1.165, 1.54) is 16.9 Å². The zero-order chi connectivity index (χ0) is 23.7. The monoisotopic (exact) mass is 472 g/mol. The standard InChI is InChI=1S/C26H28N6OS/c1-3-18-8-10-19(11-9-18)25-28-17(2)23(34-25)26(33)32-14-12-31(13-15-32)16-22-29-21-7-5-4-6-20(21)24(27)30-22/h4-11H,3,12-16H2,1-2H3,(H2,27,29,30). The van der Waals surface area contributed by atoms with Gasteiger partial charge in [0.15, 0.2) is 0 Å². The fourth-order valence-electron chi connectivity index (χ4n) is 4.28. The van der Waals surface area contributed by atoms with Crippen LogP contribution in [-0.2, 0) is 13.0 Å². The molecule has 0 saturated carbocycles. The van der Waals surface area contributed by atoms with Crippen LogP contribution in [0.3, 0.4) is 0 Å². The molecule has 2 N–H and O–H groups in total. The minimum absolute atomic E-state index is 0.0669. The smallest absolute Gasteiger partial charge is 0.265 e. The third kappa shape index (κ3) is 4.51. The molecule has 2 aromatic heterocycles. The van der Waals surface area contributed by atoms with Gasteiger partial charge in [-0.2, -0.15) is 0 Å². The molecule has 1 saturated heterocycles. The molecule has 4 aromatic rings. The number of rotatable bonds is 5. The minimum Gasteiger partial charge on any atom is -0.383 e. The quantitative estimate of drug-likeness (QED) is 0.469. The molecule has 3 heterocycles. The third-order valence-electron chi connectivity index (χ3n) is 6.30. The van der Waals surface area contributed by atoms with E-state index in [0.717, 1.165) is 51.6 Å². The van der Waals surface area contributed by atoms with E-state index in [0.29, 0.717) is 31.3 Å². The number of anilines is 1. The Hall–Kier alpha value is -3.36. The van der Waals surface area contributed by atoms with E-state index >= 15 is 0 Å². The molecule has 5 rings (SSSR count). The summed E-state index contributed by atoms with van der Waals surface area (Å²) in [6, 6.07) is 16.2. The van der Waals surface area contributed by atoms with Gasteiger partial charge in [-0.1, -0.05) is 43.3 Å². The van der Waals surface area contributed by atoms with Gasteiger partial charge in [-0.15, -0.1) is 11.3 Å². The molecule has 1 fully saturated rings. The summed E-state index contributed by atoms with van der Waals surface area (Å²) in [6.07, 6.45) is 1.01. The minimum atomic E-state index is 0.0669. The van der Waals surface area contributed by atoms with E-state index < -0.39 is 0 Å². The molecule has 0 radical (unpaired) electrons. The fourth-order valence-corrected chi connectivity index (χ4v) is 5.32. The van der Waals surface area contributed by atoms with Crippen molar-refractivity contribution in [3.63, 3.8) is 0 Å². The van der Waals surface area contributed by atoms with E-state index in [1.54, 1.807) is 0 Å². The molecule has 7 nitrogen and oxygen atoms in total. The lowest BCUT2D eigenvalue weighted by Crippen LogP contribution is -2.48. The number of nitrogens with zero attached hydrogens (tertiary/aromatic N) is 5. The predicted molar refractivity (Wildman–Crippen MR) is 137 cm³/mol. The van der Waals surface area contributed by atoms with Crippen molar-refractivity contribution in [2.75, 3.05) is 31.9 Å². The number of para-hydroxylation sites is 1. The second kappa shape index (κ2) is 9.48. The van der Waals surface area contributed by atoms with Crippen LogP contribution in [0.15, 0.2) is 48.5 Å². The Bertz CT molecular complexity index is 1330. The van der Waals surface area contributed by atoms with E-state index in [9.17, 15) is 4.79 Å². The summed E-state index contributed by atoms with van der Waals surface area (Å²) in [7, 11) is 0. The average Bonchev–Trinajstić information content (AvgIpc) is 3.25. The number of amides is 1. The second-order valence-electron chi connectivity index (χ2n) is 8.59. The topological polar surface area (TPSA) is 88.2 Å². The first-order chi connectivity index (χ1) is 16.5. The van der Waals surface area contributed by atoms with Crippen LogP contribution in [-0.4, -0.2) is 56.8 Å². The lowest BCUT2D eigenvalue weighted by atomic mass is 10.1. The van der Waals surface area contributed by atoms with Crippen molar-refractivity contribution in [2.45, 2.75) is 26.8 Å². The van der Waals surface area contributed by atoms with Crippen LogP contribution in [0.25, 0.3) is 21.5 Å². The number of piperazine rings is 1. The Morgan fingerprint density at radius 2 is 1.74 bits per heavy atom. The molecule has 34 heavy (non-hydrogen) atoms. The van der Waals surface area contributed by atoms with Gasteiger partial charge in [0.2, 0.25) is 0 Å². The summed E-state index contributed by atoms with van der Waals surface area (Å²) in [6.45, 7) is 7.55. The number of carbonyl (C=O) groups is 1. The molecule has 8 heteroatoms. The first-order valence-corrected chi connectivity index (χ1v) is 12.4. The number of carbonyl (C=O) groups excluding carboxylic acids is 1. The number of aryl methyl sites for hydroxylation is 2. The van der Waals surface area contributed by atoms with E-state index in [1.807, 2.05) is 36.1 Å². The van der Waals surface area contributed by atoms with Gasteiger partial charge in [0.1, 0.15) is 21.5 Å². The lowest BCUT2D eigenvalue weighted by Gasteiger charge is -2.34. The Kier molecular flexibility index (Phi) is 6.26. The summed E-state index contributed by atoms with van der Waals surface area (Å²) in [5.41, 5.74) is 10.1. The molecule has 1 amide bonds. The van der Waals surface area contributed by atoms with Crippen molar-refractivity contribution in [1.29, 1.82) is 0 Å². The maximum Gasteiger partial charge on any atom is 0.265 e. The number of fused-ring (bicyclic) bond motifs is 1. The van der Waals surface area contributed by atoms with Gasteiger partial charge < -0.3 is 10.6 Å². The highest BCUT2D eigenvalue weighted by molar-refractivity contribution is 7.17. The highest BCUT2D eigenvalue weighted by atomic mass is 32.1. The SMILES string of the molecule is CCc1ccc(-c2nc(C)c(C(=O)N3CCN(Cc4nc(N)c5ccccc5n4)CC3)s2)cc1. The summed E-state index contributed by atoms with van der Waals surface area (Å²) in [4.78, 5) is 32.0. The highest BCUT2D eigenvalue weighted by Crippen LogP contribution is 2.29. The van der Waals surface area contributed by atoms with Gasteiger partial charge in [-0.3, -0.25) is 9.69 Å². The maximum atomic E-state index is 13.3. The number of thiazole rings is 1.